The van der Waals surface area contributed by atoms with Crippen LogP contribution in [0.3, 0.4) is 0 Å². The molecule has 2 aromatic rings. The SMILES string of the molecule is CC(=O)c1ccc(SCC(=O)Nc2ccccc2C(=O)NCC(F)(F)F)c(F)c1. The third-order valence-corrected chi connectivity index (χ3v) is 4.64. The van der Waals surface area contributed by atoms with Crippen molar-refractivity contribution in [1.29, 1.82) is 0 Å². The Kier molecular flexibility index (Phi) is 7.38. The Morgan fingerprint density at radius 3 is 2.38 bits per heavy atom. The predicted octanol–water partition coefficient (Wildman–Crippen LogP) is 4.05. The van der Waals surface area contributed by atoms with Crippen LogP contribution in [0, 0.1) is 5.82 Å². The second-order valence-electron chi connectivity index (χ2n) is 5.88. The van der Waals surface area contributed by atoms with E-state index in [4.69, 9.17) is 0 Å². The average Bonchev–Trinajstić information content (AvgIpc) is 2.64. The highest BCUT2D eigenvalue weighted by molar-refractivity contribution is 8.00. The molecule has 154 valence electrons. The fourth-order valence-corrected chi connectivity index (χ4v) is 2.95. The van der Waals surface area contributed by atoms with Gasteiger partial charge in [-0.3, -0.25) is 14.4 Å². The van der Waals surface area contributed by atoms with E-state index in [1.165, 1.54) is 43.3 Å². The van der Waals surface area contributed by atoms with E-state index in [-0.39, 0.29) is 33.2 Å². The van der Waals surface area contributed by atoms with E-state index in [1.54, 1.807) is 5.32 Å². The van der Waals surface area contributed by atoms with Crippen LogP contribution < -0.4 is 10.6 Å². The fourth-order valence-electron chi connectivity index (χ4n) is 2.23. The van der Waals surface area contributed by atoms with Gasteiger partial charge in [-0.1, -0.05) is 18.2 Å². The number of carbonyl (C=O) groups excluding carboxylic acids is 3. The molecule has 0 bridgehead atoms. The minimum atomic E-state index is -4.56. The molecule has 10 heteroatoms. The van der Waals surface area contributed by atoms with Gasteiger partial charge in [0, 0.05) is 10.5 Å². The largest absolute Gasteiger partial charge is 0.405 e. The van der Waals surface area contributed by atoms with E-state index in [0.717, 1.165) is 17.8 Å². The van der Waals surface area contributed by atoms with E-state index in [9.17, 15) is 31.9 Å². The first-order chi connectivity index (χ1) is 13.6. The normalized spacial score (nSPS) is 11.1. The number of halogens is 4. The number of amides is 2. The molecule has 5 nitrogen and oxygen atoms in total. The van der Waals surface area contributed by atoms with Gasteiger partial charge in [0.15, 0.2) is 5.78 Å². The Morgan fingerprint density at radius 1 is 1.07 bits per heavy atom. The summed E-state index contributed by atoms with van der Waals surface area (Å²) >= 11 is 0.875. The number of alkyl halides is 3. The zero-order chi connectivity index (χ0) is 21.6. The van der Waals surface area contributed by atoms with Gasteiger partial charge >= 0.3 is 6.18 Å². The van der Waals surface area contributed by atoms with Crippen molar-refractivity contribution < 1.29 is 31.9 Å². The second-order valence-corrected chi connectivity index (χ2v) is 6.90. The second kappa shape index (κ2) is 9.55. The van der Waals surface area contributed by atoms with Crippen LogP contribution in [0.25, 0.3) is 0 Å². The maximum absolute atomic E-state index is 14.0. The Labute approximate surface area is 167 Å². The van der Waals surface area contributed by atoms with Crippen molar-refractivity contribution in [3.05, 3.63) is 59.4 Å². The quantitative estimate of drug-likeness (QED) is 0.396. The third-order valence-electron chi connectivity index (χ3n) is 3.59. The zero-order valence-corrected chi connectivity index (χ0v) is 15.9. The number of thioether (sulfide) groups is 1. The minimum absolute atomic E-state index is 0.0326. The van der Waals surface area contributed by atoms with Gasteiger partial charge < -0.3 is 10.6 Å². The molecule has 0 unspecified atom stereocenters. The van der Waals surface area contributed by atoms with E-state index in [0.29, 0.717) is 0 Å². The lowest BCUT2D eigenvalue weighted by molar-refractivity contribution is -0.123. The summed E-state index contributed by atoms with van der Waals surface area (Å²) in [6, 6.07) is 9.47. The monoisotopic (exact) mass is 428 g/mol. The van der Waals surface area contributed by atoms with Gasteiger partial charge in [0.2, 0.25) is 5.91 Å². The van der Waals surface area contributed by atoms with Crippen molar-refractivity contribution >= 4 is 35.0 Å². The van der Waals surface area contributed by atoms with Gasteiger partial charge in [0.25, 0.3) is 5.91 Å². The fraction of sp³-hybridized carbons (Fsp3) is 0.211. The number of benzene rings is 2. The predicted molar refractivity (Wildman–Crippen MR) is 101 cm³/mol. The first-order valence-electron chi connectivity index (χ1n) is 8.24. The molecular formula is C19H16F4N2O3S. The van der Waals surface area contributed by atoms with Crippen LogP contribution in [0.15, 0.2) is 47.4 Å². The average molecular weight is 428 g/mol. The van der Waals surface area contributed by atoms with Gasteiger partial charge in [-0.15, -0.1) is 11.8 Å². The van der Waals surface area contributed by atoms with E-state index in [1.807, 2.05) is 0 Å². The number of carbonyl (C=O) groups is 3. The van der Waals surface area contributed by atoms with Crippen molar-refractivity contribution in [3.63, 3.8) is 0 Å². The van der Waals surface area contributed by atoms with Gasteiger partial charge in [0.05, 0.1) is 17.0 Å². The summed E-state index contributed by atoms with van der Waals surface area (Å²) in [5.41, 5.74) is 0.104. The molecule has 0 fully saturated rings. The van der Waals surface area contributed by atoms with Crippen LogP contribution in [-0.2, 0) is 4.79 Å². The van der Waals surface area contributed by atoms with Crippen LogP contribution in [0.5, 0.6) is 0 Å². The topological polar surface area (TPSA) is 75.3 Å². The van der Waals surface area contributed by atoms with Gasteiger partial charge in [-0.05, 0) is 31.2 Å². The molecule has 29 heavy (non-hydrogen) atoms. The molecule has 0 heterocycles. The number of ketones is 1. The molecule has 2 rings (SSSR count). The molecule has 0 radical (unpaired) electrons. The van der Waals surface area contributed by atoms with E-state index >= 15 is 0 Å². The van der Waals surface area contributed by atoms with Gasteiger partial charge in [-0.2, -0.15) is 13.2 Å². The number of anilines is 1. The van der Waals surface area contributed by atoms with Crippen LogP contribution in [0.1, 0.15) is 27.6 Å². The van der Waals surface area contributed by atoms with Gasteiger partial charge in [-0.25, -0.2) is 4.39 Å². The molecule has 2 amide bonds. The highest BCUT2D eigenvalue weighted by Crippen LogP contribution is 2.24. The molecule has 0 spiro atoms. The Bertz CT molecular complexity index is 932. The van der Waals surface area contributed by atoms with Crippen molar-refractivity contribution in [2.75, 3.05) is 17.6 Å². The molecule has 0 aliphatic heterocycles. The number of rotatable bonds is 7. The molecule has 0 saturated heterocycles. The first kappa shape index (κ1) is 22.4. The lowest BCUT2D eigenvalue weighted by Crippen LogP contribution is -2.34. The highest BCUT2D eigenvalue weighted by Gasteiger charge is 2.28. The van der Waals surface area contributed by atoms with Crippen molar-refractivity contribution in [3.8, 4) is 0 Å². The van der Waals surface area contributed by atoms with Crippen LogP contribution in [0.2, 0.25) is 0 Å². The number of Topliss-reactive ketones (excluding diaryl/α,β-unsaturated/α-hetero) is 1. The first-order valence-corrected chi connectivity index (χ1v) is 9.22. The molecular weight excluding hydrogens is 412 g/mol. The number of hydrogen-bond donors (Lipinski definition) is 2. The Morgan fingerprint density at radius 2 is 1.76 bits per heavy atom. The maximum Gasteiger partial charge on any atom is 0.405 e. The maximum atomic E-state index is 14.0. The lowest BCUT2D eigenvalue weighted by Gasteiger charge is -2.12. The van der Waals surface area contributed by atoms with Crippen LogP contribution >= 0.6 is 11.8 Å². The summed E-state index contributed by atoms with van der Waals surface area (Å²) in [6.45, 7) is -0.198. The zero-order valence-electron chi connectivity index (χ0n) is 15.1. The molecule has 0 aliphatic rings. The van der Waals surface area contributed by atoms with Crippen molar-refractivity contribution in [2.24, 2.45) is 0 Å². The highest BCUT2D eigenvalue weighted by atomic mass is 32.2. The molecule has 0 saturated carbocycles. The summed E-state index contributed by atoms with van der Waals surface area (Å²) in [5.74, 6) is -2.73. The van der Waals surface area contributed by atoms with E-state index in [2.05, 4.69) is 5.32 Å². The molecule has 0 aliphatic carbocycles. The standard InChI is InChI=1S/C19H16F4N2O3S/c1-11(26)12-6-7-16(14(20)8-12)29-9-17(27)25-15-5-3-2-4-13(15)18(28)24-10-19(21,22)23/h2-8H,9-10H2,1H3,(H,24,28)(H,25,27). The summed E-state index contributed by atoms with van der Waals surface area (Å²) < 4.78 is 50.8. The summed E-state index contributed by atoms with van der Waals surface area (Å²) in [4.78, 5) is 35.5. The Hall–Kier alpha value is -2.88. The third kappa shape index (κ3) is 6.90. The molecule has 2 N–H and O–H groups in total. The van der Waals surface area contributed by atoms with Crippen LogP contribution in [0.4, 0.5) is 23.2 Å². The number of para-hydroxylation sites is 1. The summed E-state index contributed by atoms with van der Waals surface area (Å²) in [6.07, 6.45) is -4.56. The van der Waals surface area contributed by atoms with Crippen molar-refractivity contribution in [2.45, 2.75) is 18.0 Å². The van der Waals surface area contributed by atoms with Gasteiger partial charge in [0.1, 0.15) is 12.4 Å². The lowest BCUT2D eigenvalue weighted by atomic mass is 10.1. The van der Waals surface area contributed by atoms with Crippen molar-refractivity contribution in [1.82, 2.24) is 5.32 Å². The number of hydrogen-bond acceptors (Lipinski definition) is 4. The Balaban J connectivity index is 2.01. The minimum Gasteiger partial charge on any atom is -0.343 e. The van der Waals surface area contributed by atoms with Crippen LogP contribution in [-0.4, -0.2) is 36.1 Å². The number of nitrogens with one attached hydrogen (secondary N) is 2. The molecule has 0 aromatic heterocycles. The molecule has 2 aromatic carbocycles. The molecule has 0 atom stereocenters. The summed E-state index contributed by atoms with van der Waals surface area (Å²) in [7, 11) is 0. The van der Waals surface area contributed by atoms with E-state index < -0.39 is 30.4 Å². The smallest absolute Gasteiger partial charge is 0.343 e. The summed E-state index contributed by atoms with van der Waals surface area (Å²) in [5, 5.41) is 4.16.